The second kappa shape index (κ2) is 6.30. The van der Waals surface area contributed by atoms with Crippen LogP contribution < -0.4 is 0 Å². The molecule has 1 heterocycles. The van der Waals surface area contributed by atoms with E-state index in [1.54, 1.807) is 22.9 Å². The van der Waals surface area contributed by atoms with Crippen LogP contribution in [0.2, 0.25) is 0 Å². The molecule has 0 amide bonds. The van der Waals surface area contributed by atoms with Crippen LogP contribution in [-0.4, -0.2) is 54.4 Å². The molecule has 0 saturated heterocycles. The molecule has 5 nitrogen and oxygen atoms in total. The molecule has 0 aliphatic carbocycles. The summed E-state index contributed by atoms with van der Waals surface area (Å²) in [5.41, 5.74) is 0.302. The van der Waals surface area contributed by atoms with E-state index in [9.17, 15) is 4.79 Å². The van der Waals surface area contributed by atoms with E-state index >= 15 is 0 Å². The van der Waals surface area contributed by atoms with Crippen LogP contribution in [0.1, 0.15) is 10.5 Å². The van der Waals surface area contributed by atoms with E-state index in [0.717, 1.165) is 6.54 Å². The van der Waals surface area contributed by atoms with Gasteiger partial charge >= 0.3 is 5.97 Å². The first-order valence-electron chi connectivity index (χ1n) is 5.22. The van der Waals surface area contributed by atoms with Crippen LogP contribution in [0.15, 0.2) is 18.3 Å². The molecule has 0 atom stereocenters. The van der Waals surface area contributed by atoms with Crippen molar-refractivity contribution >= 4 is 5.97 Å². The number of rotatable bonds is 7. The molecule has 0 spiro atoms. The fourth-order valence-electron chi connectivity index (χ4n) is 1.32. The van der Waals surface area contributed by atoms with Crippen molar-refractivity contribution in [1.29, 1.82) is 0 Å². The Morgan fingerprint density at radius 2 is 2.25 bits per heavy atom. The molecule has 0 unspecified atom stereocenters. The maximum Gasteiger partial charge on any atom is 0.352 e. The van der Waals surface area contributed by atoms with Gasteiger partial charge in [0.05, 0.1) is 13.2 Å². The third kappa shape index (κ3) is 4.04. The summed E-state index contributed by atoms with van der Waals surface area (Å²) in [6, 6.07) is 3.31. The van der Waals surface area contributed by atoms with Gasteiger partial charge in [-0.25, -0.2) is 4.79 Å². The zero-order chi connectivity index (χ0) is 12.0. The van der Waals surface area contributed by atoms with Crippen molar-refractivity contribution in [3.05, 3.63) is 24.0 Å². The van der Waals surface area contributed by atoms with Crippen LogP contribution >= 0.6 is 0 Å². The molecule has 0 aliphatic rings. The summed E-state index contributed by atoms with van der Waals surface area (Å²) >= 11 is 0. The summed E-state index contributed by atoms with van der Waals surface area (Å²) in [5.74, 6) is -0.904. The minimum absolute atomic E-state index is 0.302. The van der Waals surface area contributed by atoms with Gasteiger partial charge in [-0.1, -0.05) is 0 Å². The highest BCUT2D eigenvalue weighted by molar-refractivity contribution is 5.85. The van der Waals surface area contributed by atoms with Crippen molar-refractivity contribution in [2.45, 2.75) is 6.54 Å². The molecule has 16 heavy (non-hydrogen) atoms. The average molecular weight is 226 g/mol. The van der Waals surface area contributed by atoms with Gasteiger partial charge in [0.25, 0.3) is 0 Å². The predicted molar refractivity (Wildman–Crippen MR) is 60.8 cm³/mol. The molecule has 0 saturated carbocycles. The second-order valence-electron chi connectivity index (χ2n) is 3.81. The lowest BCUT2D eigenvalue weighted by atomic mass is 10.4. The molecule has 90 valence electrons. The van der Waals surface area contributed by atoms with E-state index in [-0.39, 0.29) is 0 Å². The first kappa shape index (κ1) is 12.7. The fraction of sp³-hybridized carbons (Fsp3) is 0.545. The van der Waals surface area contributed by atoms with Gasteiger partial charge in [-0.2, -0.15) is 0 Å². The number of hydrogen-bond acceptors (Lipinski definition) is 3. The Morgan fingerprint density at radius 3 is 2.88 bits per heavy atom. The number of carbonyl (C=O) groups is 1. The van der Waals surface area contributed by atoms with Crippen LogP contribution in [0, 0.1) is 0 Å². The third-order valence-electron chi connectivity index (χ3n) is 2.21. The SMILES string of the molecule is CN(C)CCOCCn1cccc1C(=O)O. The minimum atomic E-state index is -0.904. The second-order valence-corrected chi connectivity index (χ2v) is 3.81. The van der Waals surface area contributed by atoms with E-state index in [1.807, 2.05) is 19.0 Å². The van der Waals surface area contributed by atoms with Crippen LogP contribution in [0.4, 0.5) is 0 Å². The average Bonchev–Trinajstić information content (AvgIpc) is 2.65. The number of hydrogen-bond donors (Lipinski definition) is 1. The molecule has 5 heteroatoms. The minimum Gasteiger partial charge on any atom is -0.477 e. The Kier molecular flexibility index (Phi) is 5.01. The van der Waals surface area contributed by atoms with E-state index in [4.69, 9.17) is 9.84 Å². The summed E-state index contributed by atoms with van der Waals surface area (Å²) in [5, 5.41) is 8.86. The Labute approximate surface area is 95.2 Å². The number of aromatic carboxylic acids is 1. The number of carboxylic acids is 1. The Hall–Kier alpha value is -1.33. The van der Waals surface area contributed by atoms with Gasteiger partial charge in [0, 0.05) is 19.3 Å². The van der Waals surface area contributed by atoms with Gasteiger partial charge < -0.3 is 19.3 Å². The third-order valence-corrected chi connectivity index (χ3v) is 2.21. The van der Waals surface area contributed by atoms with Crippen molar-refractivity contribution in [1.82, 2.24) is 9.47 Å². The van der Waals surface area contributed by atoms with Gasteiger partial charge in [0.15, 0.2) is 0 Å². The zero-order valence-corrected chi connectivity index (χ0v) is 9.72. The maximum atomic E-state index is 10.8. The topological polar surface area (TPSA) is 54.7 Å². The van der Waals surface area contributed by atoms with Crippen LogP contribution in [0.3, 0.4) is 0 Å². The van der Waals surface area contributed by atoms with Gasteiger partial charge in [-0.15, -0.1) is 0 Å². The Bertz CT molecular complexity index is 334. The zero-order valence-electron chi connectivity index (χ0n) is 9.72. The molecule has 0 fully saturated rings. The molecule has 0 bridgehead atoms. The fourth-order valence-corrected chi connectivity index (χ4v) is 1.32. The molecule has 0 aromatic carbocycles. The van der Waals surface area contributed by atoms with Crippen molar-refractivity contribution in [2.75, 3.05) is 33.9 Å². The molecule has 1 rings (SSSR count). The van der Waals surface area contributed by atoms with Crippen molar-refractivity contribution in [3.8, 4) is 0 Å². The van der Waals surface area contributed by atoms with Gasteiger partial charge in [0.2, 0.25) is 0 Å². The summed E-state index contributed by atoms with van der Waals surface area (Å²) < 4.78 is 7.08. The highest BCUT2D eigenvalue weighted by Gasteiger charge is 2.07. The lowest BCUT2D eigenvalue weighted by molar-refractivity contribution is 0.0679. The molecular weight excluding hydrogens is 208 g/mol. The van der Waals surface area contributed by atoms with Crippen LogP contribution in [0.5, 0.6) is 0 Å². The number of likely N-dealkylation sites (N-methyl/N-ethyl adjacent to an activating group) is 1. The lowest BCUT2D eigenvalue weighted by Crippen LogP contribution is -2.19. The quantitative estimate of drug-likeness (QED) is 0.698. The van der Waals surface area contributed by atoms with E-state index in [2.05, 4.69) is 0 Å². The summed E-state index contributed by atoms with van der Waals surface area (Å²) in [7, 11) is 3.97. The Balaban J connectivity index is 2.27. The first-order chi connectivity index (χ1) is 7.61. The number of carboxylic acid groups (broad SMARTS) is 1. The van der Waals surface area contributed by atoms with Crippen molar-refractivity contribution < 1.29 is 14.6 Å². The van der Waals surface area contributed by atoms with E-state index in [0.29, 0.717) is 25.5 Å². The van der Waals surface area contributed by atoms with E-state index in [1.165, 1.54) is 0 Å². The highest BCUT2D eigenvalue weighted by Crippen LogP contribution is 2.01. The molecule has 1 N–H and O–H groups in total. The maximum absolute atomic E-state index is 10.8. The normalized spacial score (nSPS) is 10.9. The first-order valence-corrected chi connectivity index (χ1v) is 5.22. The Morgan fingerprint density at radius 1 is 1.50 bits per heavy atom. The number of nitrogens with zero attached hydrogens (tertiary/aromatic N) is 2. The lowest BCUT2D eigenvalue weighted by Gasteiger charge is -2.10. The standard InChI is InChI=1S/C11H18N2O3/c1-12(2)6-8-16-9-7-13-5-3-4-10(13)11(14)15/h3-5H,6-9H2,1-2H3,(H,14,15). The summed E-state index contributed by atoms with van der Waals surface area (Å²) in [6.07, 6.45) is 1.75. The molecule has 0 radical (unpaired) electrons. The van der Waals surface area contributed by atoms with Crippen LogP contribution in [-0.2, 0) is 11.3 Å². The van der Waals surface area contributed by atoms with E-state index < -0.39 is 5.97 Å². The molecule has 1 aromatic heterocycles. The largest absolute Gasteiger partial charge is 0.477 e. The number of ether oxygens (including phenoxy) is 1. The molecule has 0 aliphatic heterocycles. The van der Waals surface area contributed by atoms with Gasteiger partial charge in [0.1, 0.15) is 5.69 Å². The summed E-state index contributed by atoms with van der Waals surface area (Å²) in [6.45, 7) is 2.64. The predicted octanol–water partition coefficient (Wildman–Crippen LogP) is 0.764. The monoisotopic (exact) mass is 226 g/mol. The number of aromatic nitrogens is 1. The van der Waals surface area contributed by atoms with Crippen molar-refractivity contribution in [3.63, 3.8) is 0 Å². The van der Waals surface area contributed by atoms with Crippen molar-refractivity contribution in [2.24, 2.45) is 0 Å². The molecule has 1 aromatic rings. The molecular formula is C11H18N2O3. The smallest absolute Gasteiger partial charge is 0.352 e. The summed E-state index contributed by atoms with van der Waals surface area (Å²) in [4.78, 5) is 12.8. The van der Waals surface area contributed by atoms with Gasteiger partial charge in [-0.05, 0) is 26.2 Å². The highest BCUT2D eigenvalue weighted by atomic mass is 16.5. The van der Waals surface area contributed by atoms with Gasteiger partial charge in [-0.3, -0.25) is 0 Å². The van der Waals surface area contributed by atoms with Crippen LogP contribution in [0.25, 0.3) is 0 Å².